The molecule has 0 saturated heterocycles. The van der Waals surface area contributed by atoms with Crippen LogP contribution in [0.4, 0.5) is 17.3 Å². The normalized spacial score (nSPS) is 12.8. The van der Waals surface area contributed by atoms with Gasteiger partial charge in [0.1, 0.15) is 0 Å². The fourth-order valence-electron chi connectivity index (χ4n) is 1.47. The number of hydrogen-bond acceptors (Lipinski definition) is 2. The highest BCUT2D eigenvalue weighted by molar-refractivity contribution is 8.05. The third-order valence-electron chi connectivity index (χ3n) is 2.14. The number of benzene rings is 2. The molecule has 3 rings (SSSR count). The Bertz CT molecular complexity index is 478. The Hall–Kier alpha value is -1.08. The standard InChI is InChI=1S/C12H8S2.BF4/c1-2-6-10-9(5-1)13-11-7-3-4-8-12(11)14-10;2-1(3,4)5/h1-8H;/q;-1. The van der Waals surface area contributed by atoms with Gasteiger partial charge in [0.15, 0.2) is 0 Å². The fraction of sp³-hybridized carbons (Fsp3) is 0. The molecule has 100 valence electrons. The molecule has 0 amide bonds. The first kappa shape index (κ1) is 14.3. The third kappa shape index (κ3) is 4.51. The van der Waals surface area contributed by atoms with Gasteiger partial charge in [-0.05, 0) is 24.3 Å². The van der Waals surface area contributed by atoms with E-state index in [-0.39, 0.29) is 0 Å². The molecule has 0 bridgehead atoms. The first-order valence-corrected chi connectivity index (χ1v) is 6.98. The van der Waals surface area contributed by atoms with Gasteiger partial charge in [-0.2, -0.15) is 0 Å². The van der Waals surface area contributed by atoms with Gasteiger partial charge < -0.3 is 17.3 Å². The van der Waals surface area contributed by atoms with Crippen molar-refractivity contribution in [2.75, 3.05) is 0 Å². The zero-order valence-corrected chi connectivity index (χ0v) is 11.2. The van der Waals surface area contributed by atoms with E-state index in [1.165, 1.54) is 19.6 Å². The van der Waals surface area contributed by atoms with Crippen LogP contribution >= 0.6 is 23.5 Å². The van der Waals surface area contributed by atoms with E-state index in [9.17, 15) is 17.3 Å². The Balaban J connectivity index is 0.000000232. The van der Waals surface area contributed by atoms with Crippen LogP contribution in [0.3, 0.4) is 0 Å². The van der Waals surface area contributed by atoms with Crippen molar-refractivity contribution in [2.45, 2.75) is 19.6 Å². The average molecular weight is 303 g/mol. The van der Waals surface area contributed by atoms with E-state index in [4.69, 9.17) is 0 Å². The highest BCUT2D eigenvalue weighted by atomic mass is 32.2. The molecule has 0 aliphatic carbocycles. The van der Waals surface area contributed by atoms with E-state index in [0.717, 1.165) is 0 Å². The molecular weight excluding hydrogens is 295 g/mol. The fourth-order valence-corrected chi connectivity index (χ4v) is 3.71. The Labute approximate surface area is 116 Å². The largest absolute Gasteiger partial charge is 0.673 e. The Morgan fingerprint density at radius 2 is 0.789 bits per heavy atom. The molecule has 7 heteroatoms. The predicted molar refractivity (Wildman–Crippen MR) is 71.3 cm³/mol. The van der Waals surface area contributed by atoms with Crippen molar-refractivity contribution in [1.82, 2.24) is 0 Å². The first-order valence-electron chi connectivity index (χ1n) is 5.34. The van der Waals surface area contributed by atoms with Crippen LogP contribution in [0.15, 0.2) is 68.1 Å². The van der Waals surface area contributed by atoms with Crippen molar-refractivity contribution in [2.24, 2.45) is 0 Å². The van der Waals surface area contributed by atoms with Gasteiger partial charge in [-0.15, -0.1) is 0 Å². The van der Waals surface area contributed by atoms with Crippen LogP contribution in [0.25, 0.3) is 0 Å². The molecule has 2 aromatic rings. The zero-order valence-electron chi connectivity index (χ0n) is 9.52. The van der Waals surface area contributed by atoms with Crippen molar-refractivity contribution < 1.29 is 17.3 Å². The second-order valence-electron chi connectivity index (χ2n) is 3.59. The van der Waals surface area contributed by atoms with Crippen molar-refractivity contribution in [3.05, 3.63) is 48.5 Å². The van der Waals surface area contributed by atoms with E-state index in [1.54, 1.807) is 0 Å². The van der Waals surface area contributed by atoms with Crippen LogP contribution in [-0.4, -0.2) is 7.25 Å². The molecule has 0 radical (unpaired) electrons. The average Bonchev–Trinajstić information content (AvgIpc) is 2.34. The molecule has 0 unspecified atom stereocenters. The van der Waals surface area contributed by atoms with Crippen LogP contribution in [0.2, 0.25) is 0 Å². The summed E-state index contributed by atoms with van der Waals surface area (Å²) >= 11 is 3.72. The summed E-state index contributed by atoms with van der Waals surface area (Å²) in [6.45, 7) is 0. The maximum atomic E-state index is 9.75. The lowest BCUT2D eigenvalue weighted by atomic mass is 10.3. The summed E-state index contributed by atoms with van der Waals surface area (Å²) in [5.74, 6) is 0. The first-order chi connectivity index (χ1) is 8.93. The molecule has 0 nitrogen and oxygen atoms in total. The van der Waals surface area contributed by atoms with E-state index < -0.39 is 7.25 Å². The Kier molecular flexibility index (Phi) is 4.47. The van der Waals surface area contributed by atoms with Crippen molar-refractivity contribution in [3.63, 3.8) is 0 Å². The van der Waals surface area contributed by atoms with Crippen molar-refractivity contribution in [3.8, 4) is 0 Å². The summed E-state index contributed by atoms with van der Waals surface area (Å²) in [6.07, 6.45) is 0. The second kappa shape index (κ2) is 5.92. The minimum Gasteiger partial charge on any atom is -0.418 e. The van der Waals surface area contributed by atoms with Crippen molar-refractivity contribution >= 4 is 30.8 Å². The number of halogens is 4. The maximum absolute atomic E-state index is 9.75. The third-order valence-corrected chi connectivity index (χ3v) is 4.70. The van der Waals surface area contributed by atoms with Crippen molar-refractivity contribution in [1.29, 1.82) is 0 Å². The van der Waals surface area contributed by atoms with Gasteiger partial charge in [0.2, 0.25) is 0 Å². The summed E-state index contributed by atoms with van der Waals surface area (Å²) in [5, 5.41) is 0. The molecule has 1 aliphatic rings. The minimum atomic E-state index is -6.00. The van der Waals surface area contributed by atoms with Gasteiger partial charge in [0.05, 0.1) is 0 Å². The van der Waals surface area contributed by atoms with Gasteiger partial charge in [0.25, 0.3) is 0 Å². The summed E-state index contributed by atoms with van der Waals surface area (Å²) in [6, 6.07) is 17.1. The topological polar surface area (TPSA) is 0 Å². The van der Waals surface area contributed by atoms with E-state index in [2.05, 4.69) is 48.5 Å². The highest BCUT2D eigenvalue weighted by Gasteiger charge is 2.20. The molecule has 0 saturated carbocycles. The summed E-state index contributed by atoms with van der Waals surface area (Å²) in [7, 11) is -6.00. The number of hydrogen-bond donors (Lipinski definition) is 0. The molecule has 2 aromatic carbocycles. The SMILES string of the molecule is F[B-](F)(F)F.c1ccc2c(c1)Sc1ccccc1S2. The van der Waals surface area contributed by atoms with Gasteiger partial charge >= 0.3 is 7.25 Å². The van der Waals surface area contributed by atoms with Gasteiger partial charge in [-0.1, -0.05) is 47.8 Å². The molecule has 0 aromatic heterocycles. The highest BCUT2D eigenvalue weighted by Crippen LogP contribution is 2.47. The summed E-state index contributed by atoms with van der Waals surface area (Å²) < 4.78 is 39.0. The van der Waals surface area contributed by atoms with Gasteiger partial charge in [-0.25, -0.2) is 0 Å². The van der Waals surface area contributed by atoms with Crippen LogP contribution in [0, 0.1) is 0 Å². The van der Waals surface area contributed by atoms with Crippen LogP contribution in [0.5, 0.6) is 0 Å². The summed E-state index contributed by atoms with van der Waals surface area (Å²) in [4.78, 5) is 5.49. The Morgan fingerprint density at radius 1 is 0.579 bits per heavy atom. The van der Waals surface area contributed by atoms with E-state index in [0.29, 0.717) is 0 Å². The maximum Gasteiger partial charge on any atom is 0.673 e. The zero-order chi connectivity index (χ0) is 13.9. The number of rotatable bonds is 0. The van der Waals surface area contributed by atoms with Crippen LogP contribution in [0.1, 0.15) is 0 Å². The van der Waals surface area contributed by atoms with Gasteiger partial charge in [-0.3, -0.25) is 0 Å². The molecule has 0 fully saturated rings. The molecule has 0 atom stereocenters. The lowest BCUT2D eigenvalue weighted by molar-refractivity contribution is 0.368. The lowest BCUT2D eigenvalue weighted by Crippen LogP contribution is -2.02. The summed E-state index contributed by atoms with van der Waals surface area (Å²) in [5.41, 5.74) is 0. The number of fused-ring (bicyclic) bond motifs is 2. The lowest BCUT2D eigenvalue weighted by Gasteiger charge is -2.17. The molecule has 0 spiro atoms. The molecular formula is C12H8BF4S2-. The van der Waals surface area contributed by atoms with E-state index in [1.807, 2.05) is 23.5 Å². The van der Waals surface area contributed by atoms with Crippen LogP contribution < -0.4 is 0 Å². The quantitative estimate of drug-likeness (QED) is 0.391. The Morgan fingerprint density at radius 3 is 1.00 bits per heavy atom. The van der Waals surface area contributed by atoms with E-state index >= 15 is 0 Å². The molecule has 1 aliphatic heterocycles. The smallest absolute Gasteiger partial charge is 0.418 e. The molecule has 1 heterocycles. The second-order valence-corrected chi connectivity index (χ2v) is 5.76. The minimum absolute atomic E-state index is 1.37. The van der Waals surface area contributed by atoms with Gasteiger partial charge in [0, 0.05) is 19.6 Å². The molecule has 19 heavy (non-hydrogen) atoms. The monoisotopic (exact) mass is 303 g/mol. The molecule has 0 N–H and O–H groups in total. The van der Waals surface area contributed by atoms with Crippen LogP contribution in [-0.2, 0) is 0 Å². The predicted octanol–water partition coefficient (Wildman–Crippen LogP) is 5.60.